The number of benzene rings is 1. The number of hydrogen-bond donors (Lipinski definition) is 1. The van der Waals surface area contributed by atoms with Crippen molar-refractivity contribution in [2.45, 2.75) is 72.3 Å². The summed E-state index contributed by atoms with van der Waals surface area (Å²) < 4.78 is 7.82. The van der Waals surface area contributed by atoms with Gasteiger partial charge in [-0.15, -0.1) is 0 Å². The number of ether oxygens (including phenoxy) is 1. The largest absolute Gasteiger partial charge is 0.496 e. The molecule has 1 aliphatic carbocycles. The topological polar surface area (TPSA) is 57.2 Å². The minimum atomic E-state index is -0.333. The van der Waals surface area contributed by atoms with Gasteiger partial charge in [-0.3, -0.25) is 4.79 Å². The molecule has 4 nitrogen and oxygen atoms in total. The summed E-state index contributed by atoms with van der Waals surface area (Å²) in [4.78, 5) is 12.5. The molecule has 0 bridgehead atoms. The fourth-order valence-electron chi connectivity index (χ4n) is 4.82. The van der Waals surface area contributed by atoms with Crippen molar-refractivity contribution >= 4 is 5.91 Å². The van der Waals surface area contributed by atoms with Crippen molar-refractivity contribution < 1.29 is 9.53 Å². The molecule has 0 atom stereocenters. The highest BCUT2D eigenvalue weighted by Gasteiger charge is 2.26. The van der Waals surface area contributed by atoms with Crippen LogP contribution in [-0.2, 0) is 13.0 Å². The third kappa shape index (κ3) is 3.96. The monoisotopic (exact) mass is 382 g/mol. The number of primary amides is 1. The second-order valence-electron chi connectivity index (χ2n) is 8.20. The molecule has 1 saturated carbocycles. The van der Waals surface area contributed by atoms with Crippen molar-refractivity contribution in [1.29, 1.82) is 0 Å². The van der Waals surface area contributed by atoms with Gasteiger partial charge in [-0.25, -0.2) is 0 Å². The number of carbonyl (C=O) groups excluding carboxylic acids is 1. The highest BCUT2D eigenvalue weighted by atomic mass is 16.5. The third-order valence-electron chi connectivity index (χ3n) is 6.21. The highest BCUT2D eigenvalue weighted by Crippen LogP contribution is 2.37. The molecule has 1 heterocycles. The zero-order valence-corrected chi connectivity index (χ0v) is 17.8. The van der Waals surface area contributed by atoms with Crippen LogP contribution in [0.5, 0.6) is 5.75 Å². The normalized spacial score (nSPS) is 15.0. The molecular weight excluding hydrogens is 348 g/mol. The van der Waals surface area contributed by atoms with E-state index in [1.54, 1.807) is 7.11 Å². The molecule has 2 aromatic rings. The second-order valence-corrected chi connectivity index (χ2v) is 8.20. The van der Waals surface area contributed by atoms with Crippen molar-refractivity contribution in [1.82, 2.24) is 4.57 Å². The van der Waals surface area contributed by atoms with Gasteiger partial charge in [0.15, 0.2) is 0 Å². The summed E-state index contributed by atoms with van der Waals surface area (Å²) in [5.41, 5.74) is 12.0. The van der Waals surface area contributed by atoms with Gasteiger partial charge in [0, 0.05) is 23.5 Å². The van der Waals surface area contributed by atoms with Crippen molar-refractivity contribution in [2.24, 2.45) is 11.7 Å². The maximum absolute atomic E-state index is 12.5. The molecule has 1 aromatic carbocycles. The number of nitrogens with two attached hydrogens (primary N) is 1. The minimum absolute atomic E-state index is 0.333. The summed E-state index contributed by atoms with van der Waals surface area (Å²) in [6, 6.07) is 6.15. The molecule has 0 radical (unpaired) electrons. The number of nitrogens with zero attached hydrogens (tertiary/aromatic N) is 1. The number of aryl methyl sites for hydroxylation is 1. The van der Waals surface area contributed by atoms with Crippen LogP contribution in [-0.4, -0.2) is 17.6 Å². The van der Waals surface area contributed by atoms with E-state index in [1.807, 2.05) is 13.0 Å². The van der Waals surface area contributed by atoms with Crippen LogP contribution in [0.25, 0.3) is 11.1 Å². The van der Waals surface area contributed by atoms with Crippen LogP contribution in [0.15, 0.2) is 18.2 Å². The summed E-state index contributed by atoms with van der Waals surface area (Å²) in [5.74, 6) is 1.22. The molecule has 4 heteroatoms. The Kier molecular flexibility index (Phi) is 6.48. The van der Waals surface area contributed by atoms with Gasteiger partial charge in [0.2, 0.25) is 0 Å². The third-order valence-corrected chi connectivity index (χ3v) is 6.21. The quantitative estimate of drug-likeness (QED) is 0.696. The zero-order valence-electron chi connectivity index (χ0n) is 17.8. The van der Waals surface area contributed by atoms with E-state index in [0.29, 0.717) is 11.5 Å². The summed E-state index contributed by atoms with van der Waals surface area (Å²) in [5, 5.41) is 0. The van der Waals surface area contributed by atoms with E-state index in [-0.39, 0.29) is 5.91 Å². The predicted molar refractivity (Wildman–Crippen MR) is 115 cm³/mol. The standard InChI is InChI=1S/C24H34N2O2/c1-5-9-20-23(19-12-13-21(28-4)16(2)14-19)22(24(25)27)17(3)26(20)15-18-10-7-6-8-11-18/h12-14,18H,5-11,15H2,1-4H3,(H2,25,27). The molecule has 0 saturated heterocycles. The fraction of sp³-hybridized carbons (Fsp3) is 0.542. The molecule has 1 amide bonds. The summed E-state index contributed by atoms with van der Waals surface area (Å²) in [6.07, 6.45) is 8.54. The first-order valence-electron chi connectivity index (χ1n) is 10.6. The lowest BCUT2D eigenvalue weighted by Gasteiger charge is -2.24. The second kappa shape index (κ2) is 8.85. The van der Waals surface area contributed by atoms with E-state index in [9.17, 15) is 4.79 Å². The molecule has 28 heavy (non-hydrogen) atoms. The molecule has 152 valence electrons. The first kappa shape index (κ1) is 20.5. The van der Waals surface area contributed by atoms with Crippen molar-refractivity contribution in [2.75, 3.05) is 7.11 Å². The van der Waals surface area contributed by atoms with Crippen LogP contribution >= 0.6 is 0 Å². The number of amides is 1. The van der Waals surface area contributed by atoms with E-state index in [0.717, 1.165) is 47.5 Å². The molecule has 3 rings (SSSR count). The van der Waals surface area contributed by atoms with Crippen LogP contribution in [0, 0.1) is 19.8 Å². The molecule has 1 aliphatic rings. The lowest BCUT2D eigenvalue weighted by Crippen LogP contribution is -2.18. The smallest absolute Gasteiger partial charge is 0.251 e. The molecule has 1 aromatic heterocycles. The minimum Gasteiger partial charge on any atom is -0.496 e. The van der Waals surface area contributed by atoms with E-state index in [4.69, 9.17) is 10.5 Å². The van der Waals surface area contributed by atoms with E-state index >= 15 is 0 Å². The van der Waals surface area contributed by atoms with Gasteiger partial charge in [0.25, 0.3) is 5.91 Å². The summed E-state index contributed by atoms with van der Waals surface area (Å²) in [6.45, 7) is 7.29. The van der Waals surface area contributed by atoms with Gasteiger partial charge < -0.3 is 15.0 Å². The van der Waals surface area contributed by atoms with Crippen molar-refractivity contribution in [3.8, 4) is 16.9 Å². The SMILES string of the molecule is CCCc1c(-c2ccc(OC)c(C)c2)c(C(N)=O)c(C)n1CC1CCCCC1. The average Bonchev–Trinajstić information content (AvgIpc) is 2.95. The van der Waals surface area contributed by atoms with Gasteiger partial charge in [0.05, 0.1) is 12.7 Å². The van der Waals surface area contributed by atoms with E-state index in [2.05, 4.69) is 30.5 Å². The van der Waals surface area contributed by atoms with Gasteiger partial charge >= 0.3 is 0 Å². The number of aromatic nitrogens is 1. The molecular formula is C24H34N2O2. The Balaban J connectivity index is 2.15. The van der Waals surface area contributed by atoms with Gasteiger partial charge in [-0.1, -0.05) is 38.7 Å². The Morgan fingerprint density at radius 3 is 2.50 bits per heavy atom. The van der Waals surface area contributed by atoms with Gasteiger partial charge in [-0.2, -0.15) is 0 Å². The van der Waals surface area contributed by atoms with Crippen LogP contribution < -0.4 is 10.5 Å². The van der Waals surface area contributed by atoms with E-state index < -0.39 is 0 Å². The van der Waals surface area contributed by atoms with Gasteiger partial charge in [-0.05, 0) is 62.3 Å². The van der Waals surface area contributed by atoms with Crippen LogP contribution in [0.3, 0.4) is 0 Å². The Bertz CT molecular complexity index is 845. The molecule has 0 spiro atoms. The Hall–Kier alpha value is -2.23. The summed E-state index contributed by atoms with van der Waals surface area (Å²) >= 11 is 0. The summed E-state index contributed by atoms with van der Waals surface area (Å²) in [7, 11) is 1.68. The Morgan fingerprint density at radius 1 is 1.21 bits per heavy atom. The van der Waals surface area contributed by atoms with Gasteiger partial charge in [0.1, 0.15) is 5.75 Å². The van der Waals surface area contributed by atoms with E-state index in [1.165, 1.54) is 37.8 Å². The number of methoxy groups -OCH3 is 1. The first-order chi connectivity index (χ1) is 13.5. The fourth-order valence-corrected chi connectivity index (χ4v) is 4.82. The first-order valence-corrected chi connectivity index (χ1v) is 10.6. The Labute approximate surface area is 169 Å². The van der Waals surface area contributed by atoms with Crippen LogP contribution in [0.4, 0.5) is 0 Å². The molecule has 0 aliphatic heterocycles. The molecule has 0 unspecified atom stereocenters. The number of carbonyl (C=O) groups is 1. The maximum atomic E-state index is 12.5. The average molecular weight is 383 g/mol. The highest BCUT2D eigenvalue weighted by molar-refractivity contribution is 6.02. The lowest BCUT2D eigenvalue weighted by molar-refractivity contribution is 0.1000. The molecule has 1 fully saturated rings. The number of rotatable bonds is 7. The predicted octanol–water partition coefficient (Wildman–Crippen LogP) is 5.41. The van der Waals surface area contributed by atoms with Crippen LogP contribution in [0.1, 0.15) is 72.8 Å². The van der Waals surface area contributed by atoms with Crippen molar-refractivity contribution in [3.05, 3.63) is 40.7 Å². The Morgan fingerprint density at radius 2 is 1.93 bits per heavy atom. The lowest BCUT2D eigenvalue weighted by atomic mass is 9.89. The van der Waals surface area contributed by atoms with Crippen molar-refractivity contribution in [3.63, 3.8) is 0 Å². The van der Waals surface area contributed by atoms with Crippen LogP contribution in [0.2, 0.25) is 0 Å². The molecule has 2 N–H and O–H groups in total. The number of hydrogen-bond acceptors (Lipinski definition) is 2. The maximum Gasteiger partial charge on any atom is 0.251 e. The zero-order chi connectivity index (χ0) is 20.3.